The fourth-order valence-corrected chi connectivity index (χ4v) is 3.49. The molecule has 0 radical (unpaired) electrons. The van der Waals surface area contributed by atoms with Gasteiger partial charge in [0.2, 0.25) is 5.88 Å². The number of methoxy groups -OCH3 is 1. The van der Waals surface area contributed by atoms with Gasteiger partial charge in [-0.2, -0.15) is 0 Å². The first-order valence-corrected chi connectivity index (χ1v) is 8.40. The second kappa shape index (κ2) is 6.49. The lowest BCUT2D eigenvalue weighted by molar-refractivity contribution is 0.0991. The number of hydrogen-bond donors (Lipinski definition) is 0. The van der Waals surface area contributed by atoms with Crippen molar-refractivity contribution in [1.82, 2.24) is 4.98 Å². The Hall–Kier alpha value is -1.98. The first-order valence-electron chi connectivity index (χ1n) is 8.03. The lowest BCUT2D eigenvalue weighted by Crippen LogP contribution is -2.36. The highest BCUT2D eigenvalue weighted by atomic mass is 35.5. The van der Waals surface area contributed by atoms with Gasteiger partial charge < -0.3 is 19.1 Å². The molecule has 2 aliphatic heterocycles. The van der Waals surface area contributed by atoms with Crippen LogP contribution in [-0.2, 0) is 11.3 Å². The highest BCUT2D eigenvalue weighted by Gasteiger charge is 2.39. The van der Waals surface area contributed by atoms with Gasteiger partial charge in [0, 0.05) is 18.3 Å². The van der Waals surface area contributed by atoms with E-state index in [1.807, 2.05) is 36.4 Å². The number of nitrogens with zero attached hydrogens (tertiary/aromatic N) is 2. The summed E-state index contributed by atoms with van der Waals surface area (Å²) in [5.41, 5.74) is 2.10. The molecule has 0 amide bonds. The number of ether oxygens (including phenoxy) is 3. The molecule has 0 spiro atoms. The van der Waals surface area contributed by atoms with Crippen LogP contribution in [0, 0.1) is 0 Å². The van der Waals surface area contributed by atoms with Crippen LogP contribution < -0.4 is 14.4 Å². The van der Waals surface area contributed by atoms with E-state index in [1.54, 1.807) is 7.11 Å². The predicted molar refractivity (Wildman–Crippen MR) is 92.1 cm³/mol. The zero-order valence-electron chi connectivity index (χ0n) is 13.4. The second-order valence-electron chi connectivity index (χ2n) is 6.12. The number of hydrogen-bond acceptors (Lipinski definition) is 5. The van der Waals surface area contributed by atoms with Crippen molar-refractivity contribution in [3.63, 3.8) is 0 Å². The number of aromatic nitrogens is 1. The summed E-state index contributed by atoms with van der Waals surface area (Å²) in [6, 6.07) is 12.1. The van der Waals surface area contributed by atoms with E-state index in [1.165, 1.54) is 0 Å². The minimum atomic E-state index is 0.339. The van der Waals surface area contributed by atoms with E-state index in [2.05, 4.69) is 9.88 Å². The van der Waals surface area contributed by atoms with Crippen LogP contribution in [-0.4, -0.2) is 37.4 Å². The Morgan fingerprint density at radius 3 is 2.79 bits per heavy atom. The van der Waals surface area contributed by atoms with Crippen molar-refractivity contribution in [3.05, 3.63) is 47.1 Å². The molecule has 2 fully saturated rings. The van der Waals surface area contributed by atoms with E-state index in [0.717, 1.165) is 36.6 Å². The summed E-state index contributed by atoms with van der Waals surface area (Å²) in [7, 11) is 1.65. The molecule has 0 aliphatic carbocycles. The van der Waals surface area contributed by atoms with Crippen LogP contribution in [0.2, 0.25) is 5.15 Å². The number of pyridine rings is 1. The van der Waals surface area contributed by atoms with Crippen LogP contribution in [0.25, 0.3) is 0 Å². The van der Waals surface area contributed by atoms with E-state index in [9.17, 15) is 0 Å². The van der Waals surface area contributed by atoms with Gasteiger partial charge in [0.1, 0.15) is 17.5 Å². The van der Waals surface area contributed by atoms with Crippen LogP contribution in [0.4, 0.5) is 5.69 Å². The molecular formula is C18H19ClN2O3. The molecule has 1 aromatic heterocycles. The highest BCUT2D eigenvalue weighted by Crippen LogP contribution is 2.34. The quantitative estimate of drug-likeness (QED) is 0.777. The van der Waals surface area contributed by atoms with Crippen molar-refractivity contribution < 1.29 is 14.2 Å². The molecule has 5 nitrogen and oxygen atoms in total. The minimum absolute atomic E-state index is 0.339. The zero-order valence-corrected chi connectivity index (χ0v) is 14.2. The third-order valence-electron chi connectivity index (χ3n) is 4.53. The first-order chi connectivity index (χ1) is 11.7. The summed E-state index contributed by atoms with van der Waals surface area (Å²) in [5.74, 6) is 1.37. The molecule has 126 valence electrons. The molecule has 24 heavy (non-hydrogen) atoms. The van der Waals surface area contributed by atoms with Crippen molar-refractivity contribution in [1.29, 1.82) is 0 Å². The van der Waals surface area contributed by atoms with Gasteiger partial charge in [-0.05, 0) is 30.2 Å². The SMILES string of the molecule is COc1ccc(COc2cc(N3C[C@@H]4C[C@H]3CO4)cc(Cl)n2)cc1. The van der Waals surface area contributed by atoms with Crippen LogP contribution in [0.5, 0.6) is 11.6 Å². The van der Waals surface area contributed by atoms with E-state index in [0.29, 0.717) is 29.8 Å². The largest absolute Gasteiger partial charge is 0.497 e. The van der Waals surface area contributed by atoms with Crippen LogP contribution >= 0.6 is 11.6 Å². The number of anilines is 1. The molecule has 2 bridgehead atoms. The van der Waals surface area contributed by atoms with E-state index in [4.69, 9.17) is 25.8 Å². The summed E-state index contributed by atoms with van der Waals surface area (Å²) < 4.78 is 16.6. The smallest absolute Gasteiger partial charge is 0.217 e. The van der Waals surface area contributed by atoms with E-state index in [-0.39, 0.29) is 0 Å². The summed E-state index contributed by atoms with van der Waals surface area (Å²) >= 11 is 6.19. The maximum Gasteiger partial charge on any atom is 0.217 e. The van der Waals surface area contributed by atoms with Crippen molar-refractivity contribution in [2.45, 2.75) is 25.2 Å². The number of benzene rings is 1. The summed E-state index contributed by atoms with van der Waals surface area (Å²) in [5, 5.41) is 0.445. The molecule has 4 rings (SSSR count). The third kappa shape index (κ3) is 3.14. The molecule has 2 aliphatic rings. The van der Waals surface area contributed by atoms with Crippen molar-refractivity contribution >= 4 is 17.3 Å². The standard InChI is InChI=1S/C18H19ClN2O3/c1-22-15-4-2-12(3-5-15)10-24-18-8-13(7-17(19)20-18)21-9-16-6-14(21)11-23-16/h2-5,7-8,14,16H,6,9-11H2,1H3/t14-,16-/m0/s1. The van der Waals surface area contributed by atoms with Gasteiger partial charge in [0.25, 0.3) is 0 Å². The molecule has 6 heteroatoms. The fraction of sp³-hybridized carbons (Fsp3) is 0.389. The summed E-state index contributed by atoms with van der Waals surface area (Å²) in [6.07, 6.45) is 1.42. The molecule has 2 atom stereocenters. The van der Waals surface area contributed by atoms with Crippen molar-refractivity contribution in [2.24, 2.45) is 0 Å². The average Bonchev–Trinajstić information content (AvgIpc) is 3.23. The average molecular weight is 347 g/mol. The zero-order chi connectivity index (χ0) is 16.5. The monoisotopic (exact) mass is 346 g/mol. The molecule has 2 saturated heterocycles. The number of halogens is 1. The number of morpholine rings is 1. The van der Waals surface area contributed by atoms with Gasteiger partial charge in [-0.3, -0.25) is 0 Å². The minimum Gasteiger partial charge on any atom is -0.497 e. The normalized spacial score (nSPS) is 22.0. The lowest BCUT2D eigenvalue weighted by atomic mass is 10.2. The van der Waals surface area contributed by atoms with Gasteiger partial charge in [0.15, 0.2) is 0 Å². The molecule has 0 saturated carbocycles. The predicted octanol–water partition coefficient (Wildman–Crippen LogP) is 3.30. The molecule has 1 aromatic carbocycles. The van der Waals surface area contributed by atoms with Gasteiger partial charge in [-0.25, -0.2) is 4.98 Å². The van der Waals surface area contributed by atoms with E-state index < -0.39 is 0 Å². The second-order valence-corrected chi connectivity index (χ2v) is 6.51. The van der Waals surface area contributed by atoms with Crippen molar-refractivity contribution in [2.75, 3.05) is 25.2 Å². The van der Waals surface area contributed by atoms with Gasteiger partial charge in [0.05, 0.1) is 25.9 Å². The summed E-state index contributed by atoms with van der Waals surface area (Å²) in [6.45, 7) is 2.13. The Morgan fingerprint density at radius 1 is 1.29 bits per heavy atom. The Labute approximate surface area is 146 Å². The highest BCUT2D eigenvalue weighted by molar-refractivity contribution is 6.29. The van der Waals surface area contributed by atoms with Crippen LogP contribution in [0.1, 0.15) is 12.0 Å². The molecule has 0 unspecified atom stereocenters. The Morgan fingerprint density at radius 2 is 2.12 bits per heavy atom. The van der Waals surface area contributed by atoms with Gasteiger partial charge in [-0.1, -0.05) is 23.7 Å². The van der Waals surface area contributed by atoms with Gasteiger partial charge >= 0.3 is 0 Å². The molecule has 0 N–H and O–H groups in total. The topological polar surface area (TPSA) is 43.8 Å². The van der Waals surface area contributed by atoms with Crippen molar-refractivity contribution in [3.8, 4) is 11.6 Å². The number of rotatable bonds is 5. The Kier molecular flexibility index (Phi) is 4.21. The molecular weight excluding hydrogens is 328 g/mol. The fourth-order valence-electron chi connectivity index (χ4n) is 3.29. The van der Waals surface area contributed by atoms with E-state index >= 15 is 0 Å². The van der Waals surface area contributed by atoms with Gasteiger partial charge in [-0.15, -0.1) is 0 Å². The molecule has 3 heterocycles. The number of fused-ring (bicyclic) bond motifs is 2. The Bertz CT molecular complexity index is 723. The van der Waals surface area contributed by atoms with Crippen LogP contribution in [0.3, 0.4) is 0 Å². The Balaban J connectivity index is 1.47. The first kappa shape index (κ1) is 15.5. The lowest BCUT2D eigenvalue weighted by Gasteiger charge is -2.29. The van der Waals surface area contributed by atoms with Crippen LogP contribution in [0.15, 0.2) is 36.4 Å². The summed E-state index contributed by atoms with van der Waals surface area (Å²) in [4.78, 5) is 6.61. The maximum absolute atomic E-state index is 6.19. The molecule has 2 aromatic rings. The third-order valence-corrected chi connectivity index (χ3v) is 4.73. The maximum atomic E-state index is 6.19.